The Kier molecular flexibility index (Phi) is 17.8. The van der Waals surface area contributed by atoms with E-state index in [0.717, 1.165) is 48.6 Å². The van der Waals surface area contributed by atoms with Gasteiger partial charge in [0.05, 0.1) is 18.3 Å². The zero-order valence-corrected chi connectivity index (χ0v) is 43.7. The number of Topliss-reactive ketones (excluding diaryl/α,β-unsaturated/α-hetero) is 1. The molecule has 0 aliphatic rings. The van der Waals surface area contributed by atoms with Crippen molar-refractivity contribution < 1.29 is 27.3 Å². The fourth-order valence-corrected chi connectivity index (χ4v) is 10.9. The fourth-order valence-electron chi connectivity index (χ4n) is 6.75. The largest absolute Gasteiger partial charge is 0.441 e. The van der Waals surface area contributed by atoms with Crippen molar-refractivity contribution >= 4 is 48.1 Å². The van der Waals surface area contributed by atoms with Gasteiger partial charge in [0.1, 0.15) is 17.6 Å². The number of rotatable bonds is 22. The average Bonchev–Trinajstić information content (AvgIpc) is 3.45. The fraction of sp³-hybridized carbons (Fsp3) is 0.729. The summed E-state index contributed by atoms with van der Waals surface area (Å²) in [5, 5.41) is -0.0229. The van der Waals surface area contributed by atoms with E-state index in [9.17, 15) is 4.79 Å². The number of carbonyl (C=O) groups is 2. The monoisotopic (exact) mass is 856 g/mol. The lowest BCUT2D eigenvalue weighted by atomic mass is 9.71. The number of fused-ring (bicyclic) bond motifs is 1. The molecule has 2 aromatic rings. The summed E-state index contributed by atoms with van der Waals surface area (Å²) in [6, 6.07) is 6.27. The number of hydrogen-bond donors (Lipinski definition) is 0. The summed E-state index contributed by atoms with van der Waals surface area (Å²) < 4.78 is 27.1. The first-order valence-corrected chi connectivity index (χ1v) is 30.6. The van der Waals surface area contributed by atoms with E-state index in [-0.39, 0.29) is 45.4 Å². The molecule has 1 aromatic heterocycles. The molecule has 58 heavy (non-hydrogen) atoms. The zero-order valence-electron chi connectivity index (χ0n) is 40.7. The maximum atomic E-state index is 15.1. The molecular weight excluding hydrogens is 771 g/mol. The Morgan fingerprint density at radius 1 is 0.828 bits per heavy atom. The molecule has 10 heteroatoms. The highest BCUT2D eigenvalue weighted by Gasteiger charge is 2.50. The van der Waals surface area contributed by atoms with Crippen LogP contribution in [0, 0.1) is 24.2 Å². The van der Waals surface area contributed by atoms with Gasteiger partial charge in [0.2, 0.25) is 0 Å². The molecule has 0 aliphatic heterocycles. The Hall–Kier alpha value is -1.96. The molecule has 0 unspecified atom stereocenters. The van der Waals surface area contributed by atoms with Crippen LogP contribution in [0.4, 0.5) is 0 Å². The first kappa shape index (κ1) is 52.2. The molecule has 330 valence electrons. The van der Waals surface area contributed by atoms with Crippen LogP contribution in [-0.2, 0) is 22.9 Å². The second kappa shape index (κ2) is 19.8. The maximum Gasteiger partial charge on any atom is 0.192 e. The summed E-state index contributed by atoms with van der Waals surface area (Å²) in [6.45, 7) is 48.2. The molecular formula is C48H85NO6Si3. The summed E-state index contributed by atoms with van der Waals surface area (Å²) in [6.07, 6.45) is 8.52. The Labute approximate surface area is 358 Å². The van der Waals surface area contributed by atoms with E-state index < -0.39 is 42.4 Å². The molecule has 0 amide bonds. The van der Waals surface area contributed by atoms with E-state index in [1.807, 2.05) is 32.9 Å². The SMILES string of the molecule is C=CC[C@@H](C(=O)C(C)(C)[C@H](CC=O)O[Si](C)(C)C(C)(C)C)[C@@H](O[Si](C)(C)C(C)(C)C)[C@@H](C)CCCC(C)=CC[C@H](O[Si](C)(C)C(C)(C)C)c1ccc2oc(C)nc2c1. The highest BCUT2D eigenvalue weighted by atomic mass is 28.4. The molecule has 0 bridgehead atoms. The number of hydrogen-bond acceptors (Lipinski definition) is 7. The van der Waals surface area contributed by atoms with Gasteiger partial charge in [-0.25, -0.2) is 4.98 Å². The van der Waals surface area contributed by atoms with Crippen molar-refractivity contribution in [2.45, 2.75) is 208 Å². The van der Waals surface area contributed by atoms with Gasteiger partial charge in [-0.15, -0.1) is 6.58 Å². The third-order valence-corrected chi connectivity index (χ3v) is 27.4. The molecule has 0 saturated carbocycles. The first-order valence-electron chi connectivity index (χ1n) is 21.9. The van der Waals surface area contributed by atoms with Crippen LogP contribution in [0.1, 0.15) is 146 Å². The minimum atomic E-state index is -2.30. The number of aldehydes is 1. The Balaban J connectivity index is 2.43. The van der Waals surface area contributed by atoms with Crippen molar-refractivity contribution in [3.63, 3.8) is 0 Å². The summed E-state index contributed by atoms with van der Waals surface area (Å²) in [5.41, 5.74) is 3.21. The van der Waals surface area contributed by atoms with E-state index in [4.69, 9.17) is 17.7 Å². The van der Waals surface area contributed by atoms with Crippen molar-refractivity contribution in [1.29, 1.82) is 0 Å². The standard InChI is InChI=1S/C48H85NO6Si3/c1-22-24-38(44(51)48(14,15)42(31-32-50)54-57(18,19)46(8,9)10)43(55-58(20,21)47(11,12)13)35(3)26-23-25-34(2)27-29-40(53-56(16,17)45(5,6)7)37-28-30-41-39(33-37)49-36(4)52-41/h22,27-28,30,32-33,35,38,40,42-43H,1,23-26,29,31H2,2-21H3/t35-,38+,40-,42-,43-/m0/s1. The molecule has 7 nitrogen and oxygen atoms in total. The minimum Gasteiger partial charge on any atom is -0.441 e. The van der Waals surface area contributed by atoms with Crippen LogP contribution >= 0.6 is 0 Å². The molecule has 0 fully saturated rings. The molecule has 0 radical (unpaired) electrons. The van der Waals surface area contributed by atoms with Gasteiger partial charge in [0.15, 0.2) is 36.4 Å². The maximum absolute atomic E-state index is 15.1. The molecule has 1 heterocycles. The third-order valence-electron chi connectivity index (χ3n) is 14.0. The van der Waals surface area contributed by atoms with Gasteiger partial charge in [-0.1, -0.05) is 107 Å². The van der Waals surface area contributed by atoms with Crippen LogP contribution in [0.5, 0.6) is 0 Å². The van der Waals surface area contributed by atoms with Gasteiger partial charge in [0.25, 0.3) is 0 Å². The lowest BCUT2D eigenvalue weighted by Crippen LogP contribution is -2.54. The zero-order chi connectivity index (χ0) is 44.9. The minimum absolute atomic E-state index is 0.0346. The second-order valence-corrected chi connectivity index (χ2v) is 36.6. The van der Waals surface area contributed by atoms with Crippen LogP contribution in [0.2, 0.25) is 54.4 Å². The van der Waals surface area contributed by atoms with E-state index >= 15 is 4.79 Å². The van der Waals surface area contributed by atoms with Crippen molar-refractivity contribution in [2.75, 3.05) is 0 Å². The van der Waals surface area contributed by atoms with Gasteiger partial charge in [-0.3, -0.25) is 4.79 Å². The Morgan fingerprint density at radius 2 is 1.36 bits per heavy atom. The number of aryl methyl sites for hydroxylation is 1. The second-order valence-electron chi connectivity index (χ2n) is 22.3. The highest BCUT2D eigenvalue weighted by Crippen LogP contribution is 2.45. The topological polar surface area (TPSA) is 87.9 Å². The van der Waals surface area contributed by atoms with Crippen LogP contribution < -0.4 is 0 Å². The third kappa shape index (κ3) is 13.5. The van der Waals surface area contributed by atoms with E-state index in [1.165, 1.54) is 5.57 Å². The van der Waals surface area contributed by atoms with Crippen LogP contribution in [0.25, 0.3) is 11.1 Å². The molecule has 0 spiro atoms. The predicted molar refractivity (Wildman–Crippen MR) is 253 cm³/mol. The highest BCUT2D eigenvalue weighted by molar-refractivity contribution is 6.75. The smallest absolute Gasteiger partial charge is 0.192 e. The predicted octanol–water partition coefficient (Wildman–Crippen LogP) is 14.5. The number of carbonyl (C=O) groups excluding carboxylic acids is 2. The van der Waals surface area contributed by atoms with Crippen LogP contribution in [0.3, 0.4) is 0 Å². The van der Waals surface area contributed by atoms with Crippen LogP contribution in [-0.4, -0.2) is 54.2 Å². The van der Waals surface area contributed by atoms with Gasteiger partial charge >= 0.3 is 0 Å². The van der Waals surface area contributed by atoms with Gasteiger partial charge < -0.3 is 22.5 Å². The number of ketones is 1. The van der Waals surface area contributed by atoms with E-state index in [1.54, 1.807) is 0 Å². The molecule has 0 saturated heterocycles. The van der Waals surface area contributed by atoms with Gasteiger partial charge in [-0.05, 0) is 117 Å². The van der Waals surface area contributed by atoms with Crippen molar-refractivity contribution in [3.05, 3.63) is 54.0 Å². The average molecular weight is 856 g/mol. The van der Waals surface area contributed by atoms with Crippen molar-refractivity contribution in [1.82, 2.24) is 4.98 Å². The number of nitrogens with zero attached hydrogens (tertiary/aromatic N) is 1. The molecule has 0 N–H and O–H groups in total. The van der Waals surface area contributed by atoms with Gasteiger partial charge in [0, 0.05) is 24.7 Å². The van der Waals surface area contributed by atoms with Crippen molar-refractivity contribution in [3.8, 4) is 0 Å². The molecule has 0 aliphatic carbocycles. The van der Waals surface area contributed by atoms with Gasteiger partial charge in [-0.2, -0.15) is 0 Å². The summed E-state index contributed by atoms with van der Waals surface area (Å²) >= 11 is 0. The molecule has 1 aromatic carbocycles. The number of allylic oxidation sites excluding steroid dienone is 2. The molecule has 5 atom stereocenters. The number of aromatic nitrogens is 1. The Bertz CT molecular complexity index is 1700. The lowest BCUT2D eigenvalue weighted by molar-refractivity contribution is -0.141. The van der Waals surface area contributed by atoms with Crippen molar-refractivity contribution in [2.24, 2.45) is 17.3 Å². The van der Waals surface area contributed by atoms with E-state index in [2.05, 4.69) is 145 Å². The quantitative estimate of drug-likeness (QED) is 0.0662. The summed E-state index contributed by atoms with van der Waals surface area (Å²) in [7, 11) is -6.68. The summed E-state index contributed by atoms with van der Waals surface area (Å²) in [5.74, 6) is 0.461. The first-order chi connectivity index (χ1) is 26.2. The van der Waals surface area contributed by atoms with Crippen LogP contribution in [0.15, 0.2) is 46.9 Å². The lowest BCUT2D eigenvalue weighted by Gasteiger charge is -2.47. The number of oxazole rings is 1. The normalized spacial score (nSPS) is 16.9. The molecule has 2 rings (SSSR count). The summed E-state index contributed by atoms with van der Waals surface area (Å²) in [4.78, 5) is 31.8. The number of benzene rings is 1. The van der Waals surface area contributed by atoms with E-state index in [0.29, 0.717) is 12.3 Å². The Morgan fingerprint density at radius 3 is 1.88 bits per heavy atom.